The molecule has 0 aliphatic carbocycles. The molecule has 1 aromatic heterocycles. The van der Waals surface area contributed by atoms with Crippen molar-refractivity contribution < 1.29 is 13.2 Å². The van der Waals surface area contributed by atoms with Gasteiger partial charge < -0.3 is 4.90 Å². The summed E-state index contributed by atoms with van der Waals surface area (Å²) >= 11 is 1.36. The van der Waals surface area contributed by atoms with Crippen molar-refractivity contribution >= 4 is 27.1 Å². The largest absolute Gasteiger partial charge is 0.337 e. The van der Waals surface area contributed by atoms with Gasteiger partial charge in [-0.05, 0) is 13.3 Å². The monoisotopic (exact) mass is 350 g/mol. The average molecular weight is 350 g/mol. The molecule has 0 N–H and O–H groups in total. The molecule has 1 aliphatic rings. The Kier molecular flexibility index (Phi) is 4.25. The molecule has 7 heteroatoms. The van der Waals surface area contributed by atoms with Gasteiger partial charge in [0.05, 0.1) is 17.2 Å². The number of aromatic nitrogens is 1. The predicted molar refractivity (Wildman–Crippen MR) is 91.4 cm³/mol. The number of rotatable bonds is 3. The predicted octanol–water partition coefficient (Wildman–Crippen LogP) is 2.38. The molecular formula is C16H18N2O3S2. The zero-order valence-electron chi connectivity index (χ0n) is 13.0. The van der Waals surface area contributed by atoms with Crippen molar-refractivity contribution in [1.29, 1.82) is 0 Å². The number of hydrogen-bond donors (Lipinski definition) is 0. The molecule has 122 valence electrons. The van der Waals surface area contributed by atoms with Crippen LogP contribution in [0.5, 0.6) is 0 Å². The fraction of sp³-hybridized carbons (Fsp3) is 0.375. The van der Waals surface area contributed by atoms with E-state index in [1.807, 2.05) is 37.3 Å². The first kappa shape index (κ1) is 16.1. The van der Waals surface area contributed by atoms with Crippen molar-refractivity contribution in [2.45, 2.75) is 19.4 Å². The van der Waals surface area contributed by atoms with Crippen LogP contribution in [0.25, 0.3) is 10.6 Å². The lowest BCUT2D eigenvalue weighted by Crippen LogP contribution is -2.37. The third-order valence-electron chi connectivity index (χ3n) is 4.09. The highest BCUT2D eigenvalue weighted by Gasteiger charge is 2.34. The molecule has 0 spiro atoms. The summed E-state index contributed by atoms with van der Waals surface area (Å²) in [7, 11) is -1.33. The molecule has 0 saturated carbocycles. The summed E-state index contributed by atoms with van der Waals surface area (Å²) in [6, 6.07) is 9.48. The highest BCUT2D eigenvalue weighted by molar-refractivity contribution is 7.91. The topological polar surface area (TPSA) is 67.3 Å². The number of hydrogen-bond acceptors (Lipinski definition) is 5. The van der Waals surface area contributed by atoms with Gasteiger partial charge in [-0.25, -0.2) is 13.4 Å². The van der Waals surface area contributed by atoms with Gasteiger partial charge in [-0.3, -0.25) is 4.79 Å². The second-order valence-corrected chi connectivity index (χ2v) is 9.00. The van der Waals surface area contributed by atoms with E-state index in [-0.39, 0.29) is 23.5 Å². The van der Waals surface area contributed by atoms with Crippen molar-refractivity contribution in [3.63, 3.8) is 0 Å². The van der Waals surface area contributed by atoms with E-state index in [1.165, 1.54) is 11.3 Å². The lowest BCUT2D eigenvalue weighted by molar-refractivity contribution is 0.0751. The Hall–Kier alpha value is -1.73. The van der Waals surface area contributed by atoms with Crippen molar-refractivity contribution in [3.05, 3.63) is 40.9 Å². The maximum absolute atomic E-state index is 12.7. The number of sulfone groups is 1. The van der Waals surface area contributed by atoms with Crippen LogP contribution in [-0.2, 0) is 9.84 Å². The van der Waals surface area contributed by atoms with Crippen molar-refractivity contribution in [2.75, 3.05) is 18.6 Å². The van der Waals surface area contributed by atoms with E-state index in [1.54, 1.807) is 11.9 Å². The van der Waals surface area contributed by atoms with E-state index in [9.17, 15) is 13.2 Å². The summed E-state index contributed by atoms with van der Waals surface area (Å²) in [5.74, 6) is 0.0643. The highest BCUT2D eigenvalue weighted by Crippen LogP contribution is 2.29. The minimum absolute atomic E-state index is 0.0542. The molecule has 5 nitrogen and oxygen atoms in total. The van der Waals surface area contributed by atoms with E-state index in [4.69, 9.17) is 0 Å². The minimum atomic E-state index is -3.01. The molecule has 1 aromatic carbocycles. The number of thiazole rings is 1. The van der Waals surface area contributed by atoms with E-state index in [2.05, 4.69) is 4.98 Å². The number of amides is 1. The SMILES string of the molecule is Cc1nc(-c2ccccc2)sc1C(=O)N(C)C1CCS(=O)(=O)C1. The standard InChI is InChI=1S/C16H18N2O3S2/c1-11-14(22-15(17-11)12-6-4-3-5-7-12)16(19)18(2)13-8-9-23(20,21)10-13/h3-7,13H,8-10H2,1-2H3. The summed E-state index contributed by atoms with van der Waals surface area (Å²) in [6.45, 7) is 1.81. The second kappa shape index (κ2) is 6.05. The summed E-state index contributed by atoms with van der Waals surface area (Å²) in [5.41, 5.74) is 1.66. The van der Waals surface area contributed by atoms with Gasteiger partial charge >= 0.3 is 0 Å². The molecule has 1 atom stereocenters. The number of aryl methyl sites for hydroxylation is 1. The van der Waals surface area contributed by atoms with Crippen LogP contribution >= 0.6 is 11.3 Å². The van der Waals surface area contributed by atoms with Crippen molar-refractivity contribution in [1.82, 2.24) is 9.88 Å². The second-order valence-electron chi connectivity index (χ2n) is 5.77. The maximum atomic E-state index is 12.7. The van der Waals surface area contributed by atoms with Gasteiger partial charge in [0.15, 0.2) is 9.84 Å². The maximum Gasteiger partial charge on any atom is 0.265 e. The number of nitrogens with zero attached hydrogens (tertiary/aromatic N) is 2. The van der Waals surface area contributed by atoms with Crippen LogP contribution in [-0.4, -0.2) is 48.8 Å². The Morgan fingerprint density at radius 3 is 2.61 bits per heavy atom. The molecule has 2 heterocycles. The fourth-order valence-corrected chi connectivity index (χ4v) is 5.53. The van der Waals surface area contributed by atoms with Crippen molar-refractivity contribution in [3.8, 4) is 10.6 Å². The van der Waals surface area contributed by atoms with Gasteiger partial charge in [-0.15, -0.1) is 11.3 Å². The first-order chi connectivity index (χ1) is 10.9. The summed E-state index contributed by atoms with van der Waals surface area (Å²) in [6.07, 6.45) is 0.508. The molecule has 0 radical (unpaired) electrons. The lowest BCUT2D eigenvalue weighted by Gasteiger charge is -2.22. The van der Waals surface area contributed by atoms with Crippen molar-refractivity contribution in [2.24, 2.45) is 0 Å². The van der Waals surface area contributed by atoms with Gasteiger partial charge in [-0.2, -0.15) is 0 Å². The number of carbonyl (C=O) groups excluding carboxylic acids is 1. The average Bonchev–Trinajstić information content (AvgIpc) is 3.09. The summed E-state index contributed by atoms with van der Waals surface area (Å²) in [5, 5.41) is 0.805. The Morgan fingerprint density at radius 2 is 2.00 bits per heavy atom. The Morgan fingerprint density at radius 1 is 1.30 bits per heavy atom. The molecule has 1 amide bonds. The zero-order valence-corrected chi connectivity index (χ0v) is 14.7. The Labute approximate surface area is 139 Å². The van der Waals surface area contributed by atoms with Gasteiger partial charge in [0.25, 0.3) is 5.91 Å². The first-order valence-electron chi connectivity index (χ1n) is 7.38. The third-order valence-corrected chi connectivity index (χ3v) is 7.03. The third kappa shape index (κ3) is 3.30. The normalized spacial score (nSPS) is 19.7. The van der Waals surface area contributed by atoms with E-state index in [0.717, 1.165) is 10.6 Å². The van der Waals surface area contributed by atoms with Crippen LogP contribution in [0, 0.1) is 6.92 Å². The lowest BCUT2D eigenvalue weighted by atomic mass is 10.2. The molecule has 0 bridgehead atoms. The van der Waals surface area contributed by atoms with Gasteiger partial charge in [-0.1, -0.05) is 30.3 Å². The van der Waals surface area contributed by atoms with Crippen LogP contribution in [0.4, 0.5) is 0 Å². The molecule has 1 unspecified atom stereocenters. The molecule has 1 fully saturated rings. The zero-order chi connectivity index (χ0) is 16.6. The summed E-state index contributed by atoms with van der Waals surface area (Å²) < 4.78 is 23.2. The van der Waals surface area contributed by atoms with Crippen LogP contribution in [0.3, 0.4) is 0 Å². The molecule has 2 aromatic rings. The summed E-state index contributed by atoms with van der Waals surface area (Å²) in [4.78, 5) is 19.3. The van der Waals surface area contributed by atoms with Gasteiger partial charge in [0.1, 0.15) is 9.88 Å². The molecular weight excluding hydrogens is 332 g/mol. The fourth-order valence-electron chi connectivity index (χ4n) is 2.71. The van der Waals surface area contributed by atoms with E-state index in [0.29, 0.717) is 17.0 Å². The minimum Gasteiger partial charge on any atom is -0.337 e. The van der Waals surface area contributed by atoms with Crippen LogP contribution in [0.1, 0.15) is 21.8 Å². The van der Waals surface area contributed by atoms with E-state index < -0.39 is 9.84 Å². The highest BCUT2D eigenvalue weighted by atomic mass is 32.2. The van der Waals surface area contributed by atoms with Crippen LogP contribution in [0.15, 0.2) is 30.3 Å². The quantitative estimate of drug-likeness (QED) is 0.852. The molecule has 23 heavy (non-hydrogen) atoms. The molecule has 3 rings (SSSR count). The molecule has 1 aliphatic heterocycles. The molecule has 1 saturated heterocycles. The van der Waals surface area contributed by atoms with Gasteiger partial charge in [0.2, 0.25) is 0 Å². The Bertz CT molecular complexity index is 828. The van der Waals surface area contributed by atoms with Crippen LogP contribution < -0.4 is 0 Å². The number of benzene rings is 1. The van der Waals surface area contributed by atoms with E-state index >= 15 is 0 Å². The van der Waals surface area contributed by atoms with Crippen LogP contribution in [0.2, 0.25) is 0 Å². The first-order valence-corrected chi connectivity index (χ1v) is 10.0. The smallest absolute Gasteiger partial charge is 0.265 e. The van der Waals surface area contributed by atoms with Gasteiger partial charge in [0, 0.05) is 18.7 Å². The Balaban J connectivity index is 1.84. The number of carbonyl (C=O) groups is 1.